The molecule has 6 nitrogen and oxygen atoms in total. The highest BCUT2D eigenvalue weighted by atomic mass is 127. The monoisotopic (exact) mass is 497 g/mol. The van der Waals surface area contributed by atoms with Gasteiger partial charge >= 0.3 is 0 Å². The lowest BCUT2D eigenvalue weighted by molar-refractivity contribution is 0.311. The summed E-state index contributed by atoms with van der Waals surface area (Å²) in [4.78, 5) is 4.29. The Kier molecular flexibility index (Phi) is 8.69. The average molecular weight is 497 g/mol. The molecule has 152 valence electrons. The second-order valence-corrected chi connectivity index (χ2v) is 6.21. The van der Waals surface area contributed by atoms with Gasteiger partial charge in [-0.1, -0.05) is 12.1 Å². The normalized spacial score (nSPS) is 12.5. The molecule has 0 aromatic heterocycles. The maximum Gasteiger partial charge on any atom is 0.195 e. The van der Waals surface area contributed by atoms with Crippen molar-refractivity contribution in [3.8, 4) is 17.2 Å². The molecule has 28 heavy (non-hydrogen) atoms. The van der Waals surface area contributed by atoms with Crippen LogP contribution in [-0.4, -0.2) is 39.9 Å². The minimum atomic E-state index is 0. The Morgan fingerprint density at radius 2 is 2.04 bits per heavy atom. The Labute approximate surface area is 183 Å². The smallest absolute Gasteiger partial charge is 0.195 e. The summed E-state index contributed by atoms with van der Waals surface area (Å²) in [5.41, 5.74) is 3.49. The van der Waals surface area contributed by atoms with Crippen molar-refractivity contribution in [2.24, 2.45) is 4.99 Å². The number of benzene rings is 2. The molecule has 0 saturated heterocycles. The lowest BCUT2D eigenvalue weighted by atomic mass is 10.1. The van der Waals surface area contributed by atoms with E-state index in [1.807, 2.05) is 25.1 Å². The van der Waals surface area contributed by atoms with Crippen LogP contribution in [0.4, 0.5) is 5.69 Å². The molecule has 0 bridgehead atoms. The highest BCUT2D eigenvalue weighted by Gasteiger charge is 2.12. The second-order valence-electron chi connectivity index (χ2n) is 6.21. The van der Waals surface area contributed by atoms with Crippen LogP contribution < -0.4 is 24.8 Å². The lowest BCUT2D eigenvalue weighted by Gasteiger charge is -2.15. The van der Waals surface area contributed by atoms with Crippen molar-refractivity contribution in [2.45, 2.75) is 19.8 Å². The molecule has 1 heterocycles. The van der Waals surface area contributed by atoms with E-state index in [9.17, 15) is 0 Å². The number of guanidine groups is 1. The number of hydrogen-bond acceptors (Lipinski definition) is 4. The third-order valence-electron chi connectivity index (χ3n) is 4.41. The molecule has 1 aliphatic rings. The van der Waals surface area contributed by atoms with Crippen LogP contribution in [0.3, 0.4) is 0 Å². The van der Waals surface area contributed by atoms with Crippen molar-refractivity contribution in [3.63, 3.8) is 0 Å². The number of halogens is 1. The Hall–Kier alpha value is -2.16. The molecular weight excluding hydrogens is 469 g/mol. The van der Waals surface area contributed by atoms with E-state index in [2.05, 4.69) is 33.8 Å². The fourth-order valence-electron chi connectivity index (χ4n) is 3.06. The summed E-state index contributed by atoms with van der Waals surface area (Å²) >= 11 is 0. The first-order chi connectivity index (χ1) is 13.2. The summed E-state index contributed by atoms with van der Waals surface area (Å²) in [5.74, 6) is 3.16. The first kappa shape index (κ1) is 22.1. The number of fused-ring (bicyclic) bond motifs is 1. The van der Waals surface area contributed by atoms with E-state index in [0.29, 0.717) is 24.1 Å². The van der Waals surface area contributed by atoms with Crippen LogP contribution in [-0.2, 0) is 12.8 Å². The van der Waals surface area contributed by atoms with Gasteiger partial charge in [-0.25, -0.2) is 0 Å². The van der Waals surface area contributed by atoms with Crippen LogP contribution in [0.5, 0.6) is 17.2 Å². The third kappa shape index (κ3) is 5.67. The zero-order valence-electron chi connectivity index (χ0n) is 16.6. The molecule has 7 heteroatoms. The average Bonchev–Trinajstić information content (AvgIpc) is 3.15. The number of methoxy groups -OCH3 is 1. The number of nitrogens with zero attached hydrogens (tertiary/aromatic N) is 1. The van der Waals surface area contributed by atoms with Gasteiger partial charge in [-0.05, 0) is 42.7 Å². The Bertz CT molecular complexity index is 811. The van der Waals surface area contributed by atoms with Crippen molar-refractivity contribution in [1.82, 2.24) is 5.32 Å². The van der Waals surface area contributed by atoms with Gasteiger partial charge in [-0.3, -0.25) is 4.99 Å². The van der Waals surface area contributed by atoms with Gasteiger partial charge in [0.2, 0.25) is 0 Å². The van der Waals surface area contributed by atoms with E-state index < -0.39 is 0 Å². The molecule has 1 aliphatic heterocycles. The molecule has 0 unspecified atom stereocenters. The molecule has 3 rings (SSSR count). The third-order valence-corrected chi connectivity index (χ3v) is 4.41. The topological polar surface area (TPSA) is 64.1 Å². The Morgan fingerprint density at radius 3 is 2.79 bits per heavy atom. The quantitative estimate of drug-likeness (QED) is 0.346. The zero-order valence-corrected chi connectivity index (χ0v) is 18.9. The van der Waals surface area contributed by atoms with Gasteiger partial charge < -0.3 is 24.8 Å². The van der Waals surface area contributed by atoms with Gasteiger partial charge in [0.15, 0.2) is 17.5 Å². The highest BCUT2D eigenvalue weighted by molar-refractivity contribution is 14.0. The van der Waals surface area contributed by atoms with Crippen molar-refractivity contribution in [2.75, 3.05) is 39.2 Å². The van der Waals surface area contributed by atoms with Crippen molar-refractivity contribution in [1.29, 1.82) is 0 Å². The van der Waals surface area contributed by atoms with Gasteiger partial charge in [0, 0.05) is 31.8 Å². The fourth-order valence-corrected chi connectivity index (χ4v) is 3.06. The lowest BCUT2D eigenvalue weighted by Crippen LogP contribution is -2.32. The van der Waals surface area contributed by atoms with Gasteiger partial charge in [-0.15, -0.1) is 24.0 Å². The zero-order chi connectivity index (χ0) is 19.1. The van der Waals surface area contributed by atoms with E-state index in [1.165, 1.54) is 11.1 Å². The number of aliphatic imine (C=N–C) groups is 1. The summed E-state index contributed by atoms with van der Waals surface area (Å²) in [7, 11) is 3.39. The summed E-state index contributed by atoms with van der Waals surface area (Å²) in [6, 6.07) is 12.2. The van der Waals surface area contributed by atoms with Crippen LogP contribution in [0.15, 0.2) is 41.4 Å². The molecule has 2 aromatic rings. The van der Waals surface area contributed by atoms with Crippen LogP contribution in [0, 0.1) is 0 Å². The number of rotatable bonds is 7. The molecule has 0 spiro atoms. The molecular formula is C21H28IN3O3. The van der Waals surface area contributed by atoms with Crippen LogP contribution in [0.25, 0.3) is 0 Å². The summed E-state index contributed by atoms with van der Waals surface area (Å²) in [5, 5.41) is 6.64. The van der Waals surface area contributed by atoms with E-state index in [4.69, 9.17) is 14.2 Å². The minimum absolute atomic E-state index is 0. The number of anilines is 1. The van der Waals surface area contributed by atoms with Crippen LogP contribution >= 0.6 is 24.0 Å². The first-order valence-corrected chi connectivity index (χ1v) is 9.26. The van der Waals surface area contributed by atoms with Crippen molar-refractivity contribution >= 4 is 35.6 Å². The van der Waals surface area contributed by atoms with Crippen LogP contribution in [0.1, 0.15) is 18.1 Å². The first-order valence-electron chi connectivity index (χ1n) is 9.26. The van der Waals surface area contributed by atoms with E-state index in [-0.39, 0.29) is 24.0 Å². The van der Waals surface area contributed by atoms with Gasteiger partial charge in [-0.2, -0.15) is 0 Å². The van der Waals surface area contributed by atoms with E-state index >= 15 is 0 Å². The summed E-state index contributed by atoms with van der Waals surface area (Å²) in [6.07, 6.45) is 1.92. The molecule has 0 amide bonds. The molecule has 0 fully saturated rings. The fraction of sp³-hybridized carbons (Fsp3) is 0.381. The minimum Gasteiger partial charge on any atom is -0.493 e. The number of hydrogen-bond donors (Lipinski definition) is 2. The predicted molar refractivity (Wildman–Crippen MR) is 124 cm³/mol. The molecule has 2 aromatic carbocycles. The van der Waals surface area contributed by atoms with Crippen LogP contribution in [0.2, 0.25) is 0 Å². The molecule has 0 aliphatic carbocycles. The predicted octanol–water partition coefficient (Wildman–Crippen LogP) is 3.88. The summed E-state index contributed by atoms with van der Waals surface area (Å²) in [6.45, 7) is 4.11. The molecule has 0 atom stereocenters. The van der Waals surface area contributed by atoms with Crippen molar-refractivity contribution < 1.29 is 14.2 Å². The standard InChI is InChI=1S/C21H27N3O3.HI/c1-4-26-20-14-17(6-8-19(20)25-3)24-21(22-2)23-11-9-15-5-7-18-16(13-15)10-12-27-18;/h5-8,13-14H,4,9-12H2,1-3H3,(H2,22,23,24);1H. The largest absolute Gasteiger partial charge is 0.493 e. The van der Waals surface area contributed by atoms with Gasteiger partial charge in [0.05, 0.1) is 20.3 Å². The maximum atomic E-state index is 5.62. The van der Waals surface area contributed by atoms with E-state index in [0.717, 1.165) is 37.4 Å². The molecule has 0 saturated carbocycles. The van der Waals surface area contributed by atoms with Gasteiger partial charge in [0.1, 0.15) is 5.75 Å². The Balaban J connectivity index is 0.00000280. The molecule has 0 radical (unpaired) electrons. The maximum absolute atomic E-state index is 5.62. The highest BCUT2D eigenvalue weighted by Crippen LogP contribution is 2.30. The number of nitrogens with one attached hydrogen (secondary N) is 2. The summed E-state index contributed by atoms with van der Waals surface area (Å²) < 4.78 is 16.5. The number of ether oxygens (including phenoxy) is 3. The van der Waals surface area contributed by atoms with Crippen molar-refractivity contribution in [3.05, 3.63) is 47.5 Å². The molecule has 2 N–H and O–H groups in total. The SMILES string of the molecule is CCOc1cc(NC(=NC)NCCc2ccc3c(c2)CCO3)ccc1OC.I. The second kappa shape index (κ2) is 11.0. The van der Waals surface area contributed by atoms with E-state index in [1.54, 1.807) is 14.2 Å². The van der Waals surface area contributed by atoms with Gasteiger partial charge in [0.25, 0.3) is 0 Å². The Morgan fingerprint density at radius 1 is 1.18 bits per heavy atom.